The second kappa shape index (κ2) is 3.17. The zero-order valence-electron chi connectivity index (χ0n) is 7.12. The first-order valence-electron chi connectivity index (χ1n) is 4.20. The van der Waals surface area contributed by atoms with Crippen molar-refractivity contribution >= 4 is 11.3 Å². The zero-order valence-corrected chi connectivity index (χ0v) is 7.93. The standard InChI is InChI=1S/C9H13NOS/c1-6-3-5-12-9(6)8-7(10)2-4-11-8/h3,5,7-8H,2,4,10H2,1H3. The molecular weight excluding hydrogens is 170 g/mol. The minimum Gasteiger partial charge on any atom is -0.371 e. The Hall–Kier alpha value is -0.380. The number of hydrogen-bond acceptors (Lipinski definition) is 3. The van der Waals surface area contributed by atoms with Gasteiger partial charge in [-0.1, -0.05) is 0 Å². The first-order chi connectivity index (χ1) is 5.79. The van der Waals surface area contributed by atoms with Crippen molar-refractivity contribution in [1.29, 1.82) is 0 Å². The molecule has 2 atom stereocenters. The molecule has 1 aliphatic heterocycles. The Labute approximate surface area is 76.3 Å². The summed E-state index contributed by atoms with van der Waals surface area (Å²) in [5.74, 6) is 0. The van der Waals surface area contributed by atoms with E-state index in [4.69, 9.17) is 10.5 Å². The van der Waals surface area contributed by atoms with Crippen LogP contribution < -0.4 is 5.73 Å². The van der Waals surface area contributed by atoms with E-state index < -0.39 is 0 Å². The molecule has 0 aromatic carbocycles. The van der Waals surface area contributed by atoms with Crippen LogP contribution in [0.3, 0.4) is 0 Å². The summed E-state index contributed by atoms with van der Waals surface area (Å²) in [5, 5.41) is 2.10. The van der Waals surface area contributed by atoms with Gasteiger partial charge in [-0.3, -0.25) is 0 Å². The maximum absolute atomic E-state index is 5.92. The van der Waals surface area contributed by atoms with E-state index in [2.05, 4.69) is 18.4 Å². The average molecular weight is 183 g/mol. The van der Waals surface area contributed by atoms with Crippen LogP contribution in [0.1, 0.15) is 23.0 Å². The van der Waals surface area contributed by atoms with Crippen molar-refractivity contribution in [2.24, 2.45) is 5.73 Å². The van der Waals surface area contributed by atoms with E-state index in [1.165, 1.54) is 10.4 Å². The SMILES string of the molecule is Cc1ccsc1C1OCCC1N. The Kier molecular flexibility index (Phi) is 2.17. The van der Waals surface area contributed by atoms with E-state index in [0.717, 1.165) is 13.0 Å². The Morgan fingerprint density at radius 3 is 3.00 bits per heavy atom. The lowest BCUT2D eigenvalue weighted by Gasteiger charge is -2.13. The molecule has 0 spiro atoms. The van der Waals surface area contributed by atoms with Gasteiger partial charge >= 0.3 is 0 Å². The smallest absolute Gasteiger partial charge is 0.107 e. The predicted molar refractivity (Wildman–Crippen MR) is 50.3 cm³/mol. The van der Waals surface area contributed by atoms with E-state index in [-0.39, 0.29) is 12.1 Å². The number of hydrogen-bond donors (Lipinski definition) is 1. The number of aryl methyl sites for hydroxylation is 1. The highest BCUT2D eigenvalue weighted by molar-refractivity contribution is 7.10. The Morgan fingerprint density at radius 1 is 1.67 bits per heavy atom. The molecule has 1 aromatic heterocycles. The first kappa shape index (κ1) is 8.23. The lowest BCUT2D eigenvalue weighted by Crippen LogP contribution is -2.23. The molecule has 1 aromatic rings. The largest absolute Gasteiger partial charge is 0.371 e. The zero-order chi connectivity index (χ0) is 8.55. The lowest BCUT2D eigenvalue weighted by atomic mass is 10.1. The first-order valence-corrected chi connectivity index (χ1v) is 5.08. The highest BCUT2D eigenvalue weighted by Crippen LogP contribution is 2.33. The third-order valence-electron chi connectivity index (χ3n) is 2.30. The molecular formula is C9H13NOS. The van der Waals surface area contributed by atoms with Crippen molar-refractivity contribution in [1.82, 2.24) is 0 Å². The molecule has 1 saturated heterocycles. The minimum atomic E-state index is 0.157. The van der Waals surface area contributed by atoms with E-state index in [0.29, 0.717) is 0 Å². The summed E-state index contributed by atoms with van der Waals surface area (Å²) < 4.78 is 5.58. The van der Waals surface area contributed by atoms with Crippen LogP contribution in [-0.2, 0) is 4.74 Å². The van der Waals surface area contributed by atoms with Crippen molar-refractivity contribution in [3.05, 3.63) is 21.9 Å². The molecule has 0 saturated carbocycles. The second-order valence-electron chi connectivity index (χ2n) is 3.21. The summed E-state index contributed by atoms with van der Waals surface area (Å²) in [4.78, 5) is 1.31. The molecule has 1 fully saturated rings. The van der Waals surface area contributed by atoms with Crippen LogP contribution >= 0.6 is 11.3 Å². The maximum Gasteiger partial charge on any atom is 0.107 e. The Bertz CT molecular complexity index is 271. The Balaban J connectivity index is 2.24. The van der Waals surface area contributed by atoms with Gasteiger partial charge in [0.1, 0.15) is 6.10 Å². The molecule has 12 heavy (non-hydrogen) atoms. The number of rotatable bonds is 1. The van der Waals surface area contributed by atoms with Crippen molar-refractivity contribution in [2.45, 2.75) is 25.5 Å². The van der Waals surface area contributed by atoms with Crippen molar-refractivity contribution in [3.63, 3.8) is 0 Å². The van der Waals surface area contributed by atoms with Gasteiger partial charge < -0.3 is 10.5 Å². The van der Waals surface area contributed by atoms with E-state index in [9.17, 15) is 0 Å². The van der Waals surface area contributed by atoms with E-state index in [1.807, 2.05) is 0 Å². The summed E-state index contributed by atoms with van der Waals surface area (Å²) in [6, 6.07) is 2.32. The number of ether oxygens (including phenoxy) is 1. The molecule has 0 radical (unpaired) electrons. The topological polar surface area (TPSA) is 35.2 Å². The molecule has 3 heteroatoms. The third-order valence-corrected chi connectivity index (χ3v) is 3.38. The highest BCUT2D eigenvalue weighted by atomic mass is 32.1. The maximum atomic E-state index is 5.92. The van der Waals surface area contributed by atoms with Crippen LogP contribution in [0.5, 0.6) is 0 Å². The van der Waals surface area contributed by atoms with E-state index >= 15 is 0 Å². The molecule has 0 aliphatic carbocycles. The molecule has 2 unspecified atom stereocenters. The average Bonchev–Trinajstić information content (AvgIpc) is 2.59. The van der Waals surface area contributed by atoms with Crippen LogP contribution in [-0.4, -0.2) is 12.6 Å². The lowest BCUT2D eigenvalue weighted by molar-refractivity contribution is 0.107. The van der Waals surface area contributed by atoms with E-state index in [1.54, 1.807) is 11.3 Å². The molecule has 2 N–H and O–H groups in total. The fraction of sp³-hybridized carbons (Fsp3) is 0.556. The van der Waals surface area contributed by atoms with Gasteiger partial charge in [0.25, 0.3) is 0 Å². The Morgan fingerprint density at radius 2 is 2.50 bits per heavy atom. The van der Waals surface area contributed by atoms with Gasteiger partial charge in [-0.05, 0) is 30.4 Å². The molecule has 1 aliphatic rings. The summed E-state index contributed by atoms with van der Waals surface area (Å²) in [7, 11) is 0. The molecule has 0 amide bonds. The minimum absolute atomic E-state index is 0.157. The molecule has 2 nitrogen and oxygen atoms in total. The summed E-state index contributed by atoms with van der Waals surface area (Å²) in [5.41, 5.74) is 7.23. The fourth-order valence-electron chi connectivity index (χ4n) is 1.55. The molecule has 66 valence electrons. The highest BCUT2D eigenvalue weighted by Gasteiger charge is 2.28. The second-order valence-corrected chi connectivity index (χ2v) is 4.16. The van der Waals surface area contributed by atoms with Crippen LogP contribution in [0.25, 0.3) is 0 Å². The predicted octanol–water partition coefficient (Wildman–Crippen LogP) is 1.85. The van der Waals surface area contributed by atoms with Gasteiger partial charge in [-0.2, -0.15) is 0 Å². The van der Waals surface area contributed by atoms with Gasteiger partial charge in [0.15, 0.2) is 0 Å². The fourth-order valence-corrected chi connectivity index (χ4v) is 2.60. The summed E-state index contributed by atoms with van der Waals surface area (Å²) in [6.07, 6.45) is 1.15. The number of thiophene rings is 1. The van der Waals surface area contributed by atoms with Crippen molar-refractivity contribution in [2.75, 3.05) is 6.61 Å². The summed E-state index contributed by atoms with van der Waals surface area (Å²) >= 11 is 1.75. The normalized spacial score (nSPS) is 29.5. The van der Waals surface area contributed by atoms with Crippen LogP contribution in [0, 0.1) is 6.92 Å². The molecule has 2 heterocycles. The quantitative estimate of drug-likeness (QED) is 0.721. The monoisotopic (exact) mass is 183 g/mol. The van der Waals surface area contributed by atoms with Crippen LogP contribution in [0.2, 0.25) is 0 Å². The van der Waals surface area contributed by atoms with Crippen molar-refractivity contribution < 1.29 is 4.74 Å². The van der Waals surface area contributed by atoms with Gasteiger partial charge in [0, 0.05) is 17.5 Å². The van der Waals surface area contributed by atoms with Crippen molar-refractivity contribution in [3.8, 4) is 0 Å². The summed E-state index contributed by atoms with van der Waals surface area (Å²) in [6.45, 7) is 2.92. The van der Waals surface area contributed by atoms with Gasteiger partial charge in [0.05, 0.1) is 0 Å². The molecule has 2 rings (SSSR count). The van der Waals surface area contributed by atoms with Crippen LogP contribution in [0.15, 0.2) is 11.4 Å². The third kappa shape index (κ3) is 1.28. The number of nitrogens with two attached hydrogens (primary N) is 1. The van der Waals surface area contributed by atoms with Gasteiger partial charge in [-0.15, -0.1) is 11.3 Å². The van der Waals surface area contributed by atoms with Crippen LogP contribution in [0.4, 0.5) is 0 Å². The van der Waals surface area contributed by atoms with Gasteiger partial charge in [0.2, 0.25) is 0 Å². The van der Waals surface area contributed by atoms with Gasteiger partial charge in [-0.25, -0.2) is 0 Å². The molecule has 0 bridgehead atoms.